The number of anilines is 2. The van der Waals surface area contributed by atoms with E-state index in [1.165, 1.54) is 0 Å². The summed E-state index contributed by atoms with van der Waals surface area (Å²) in [5.41, 5.74) is 1.57. The van der Waals surface area contributed by atoms with Crippen molar-refractivity contribution in [2.45, 2.75) is 13.0 Å². The second-order valence-electron chi connectivity index (χ2n) is 5.11. The third-order valence-electron chi connectivity index (χ3n) is 3.53. The summed E-state index contributed by atoms with van der Waals surface area (Å²) in [6.07, 6.45) is -0.588. The van der Waals surface area contributed by atoms with E-state index in [1.807, 2.05) is 12.1 Å². The van der Waals surface area contributed by atoms with E-state index in [4.69, 9.17) is 9.47 Å². The minimum absolute atomic E-state index is 0.205. The topological polar surface area (TPSA) is 76.7 Å². The van der Waals surface area contributed by atoms with Gasteiger partial charge >= 0.3 is 0 Å². The molecule has 0 aromatic heterocycles. The lowest BCUT2D eigenvalue weighted by molar-refractivity contribution is -0.122. The zero-order valence-corrected chi connectivity index (χ0v) is 12.8. The van der Waals surface area contributed by atoms with Gasteiger partial charge in [0.1, 0.15) is 11.5 Å². The number of amides is 2. The lowest BCUT2D eigenvalue weighted by Gasteiger charge is -2.23. The highest BCUT2D eigenvalue weighted by Crippen LogP contribution is 2.31. The molecule has 6 heteroatoms. The van der Waals surface area contributed by atoms with Gasteiger partial charge in [-0.3, -0.25) is 9.59 Å². The maximum absolute atomic E-state index is 12.4. The van der Waals surface area contributed by atoms with Gasteiger partial charge in [0.15, 0.2) is 6.10 Å². The number of nitrogens with one attached hydrogen (secondary N) is 2. The van der Waals surface area contributed by atoms with Crippen molar-refractivity contribution in [3.8, 4) is 11.5 Å². The van der Waals surface area contributed by atoms with Crippen molar-refractivity contribution in [2.24, 2.45) is 0 Å². The Labute approximate surface area is 133 Å². The Morgan fingerprint density at radius 3 is 2.83 bits per heavy atom. The number of carbonyl (C=O) groups excluding carboxylic acids is 2. The SMILES string of the molecule is COc1ccccc1NC(=O)c1ccc2c(c1)OC(C)C(=O)N2. The van der Waals surface area contributed by atoms with E-state index in [2.05, 4.69) is 10.6 Å². The van der Waals surface area contributed by atoms with Crippen molar-refractivity contribution in [3.63, 3.8) is 0 Å². The monoisotopic (exact) mass is 312 g/mol. The average molecular weight is 312 g/mol. The highest BCUT2D eigenvalue weighted by atomic mass is 16.5. The molecule has 0 aliphatic carbocycles. The minimum atomic E-state index is -0.588. The first-order valence-corrected chi connectivity index (χ1v) is 7.14. The lowest BCUT2D eigenvalue weighted by atomic mass is 10.1. The standard InChI is InChI=1S/C17H16N2O4/c1-10-16(20)18-13-8-7-11(9-15(13)23-10)17(21)19-12-5-3-4-6-14(12)22-2/h3-10H,1-2H3,(H,18,20)(H,19,21). The maximum atomic E-state index is 12.4. The quantitative estimate of drug-likeness (QED) is 0.913. The van der Waals surface area contributed by atoms with E-state index < -0.39 is 6.10 Å². The first-order chi connectivity index (χ1) is 11.1. The number of fused-ring (bicyclic) bond motifs is 1. The summed E-state index contributed by atoms with van der Waals surface area (Å²) in [7, 11) is 1.54. The molecule has 23 heavy (non-hydrogen) atoms. The number of hydrogen-bond donors (Lipinski definition) is 2. The van der Waals surface area contributed by atoms with E-state index in [0.717, 1.165) is 0 Å². The van der Waals surface area contributed by atoms with Crippen molar-refractivity contribution < 1.29 is 19.1 Å². The van der Waals surface area contributed by atoms with Gasteiger partial charge in [0.2, 0.25) is 0 Å². The van der Waals surface area contributed by atoms with Crippen LogP contribution in [0, 0.1) is 0 Å². The van der Waals surface area contributed by atoms with Crippen molar-refractivity contribution in [1.29, 1.82) is 0 Å². The second-order valence-corrected chi connectivity index (χ2v) is 5.11. The molecule has 0 radical (unpaired) electrons. The van der Waals surface area contributed by atoms with Crippen LogP contribution in [0.15, 0.2) is 42.5 Å². The van der Waals surface area contributed by atoms with Gasteiger partial charge in [-0.25, -0.2) is 0 Å². The van der Waals surface area contributed by atoms with Crippen LogP contribution in [-0.2, 0) is 4.79 Å². The highest BCUT2D eigenvalue weighted by Gasteiger charge is 2.24. The fourth-order valence-electron chi connectivity index (χ4n) is 2.29. The van der Waals surface area contributed by atoms with Crippen LogP contribution >= 0.6 is 0 Å². The van der Waals surface area contributed by atoms with Crippen LogP contribution in [-0.4, -0.2) is 25.0 Å². The molecule has 1 aliphatic rings. The molecule has 0 spiro atoms. The summed E-state index contributed by atoms with van der Waals surface area (Å²) in [5.74, 6) is 0.565. The average Bonchev–Trinajstić information content (AvgIpc) is 2.56. The molecule has 1 atom stereocenters. The zero-order valence-electron chi connectivity index (χ0n) is 12.8. The van der Waals surface area contributed by atoms with Crippen molar-refractivity contribution in [1.82, 2.24) is 0 Å². The number of para-hydroxylation sites is 2. The summed E-state index contributed by atoms with van der Waals surface area (Å²) in [5, 5.41) is 5.53. The predicted octanol–water partition coefficient (Wildman–Crippen LogP) is 2.67. The molecule has 0 saturated carbocycles. The van der Waals surface area contributed by atoms with Gasteiger partial charge in [-0.15, -0.1) is 0 Å². The van der Waals surface area contributed by atoms with Crippen LogP contribution < -0.4 is 20.1 Å². The Bertz CT molecular complexity index is 773. The zero-order chi connectivity index (χ0) is 16.4. The number of benzene rings is 2. The number of ether oxygens (including phenoxy) is 2. The van der Waals surface area contributed by atoms with Crippen LogP contribution in [0.4, 0.5) is 11.4 Å². The molecule has 2 N–H and O–H groups in total. The molecule has 1 unspecified atom stereocenters. The number of carbonyl (C=O) groups is 2. The van der Waals surface area contributed by atoms with Crippen molar-refractivity contribution >= 4 is 23.2 Å². The summed E-state index contributed by atoms with van der Waals surface area (Å²) < 4.78 is 10.7. The smallest absolute Gasteiger partial charge is 0.265 e. The van der Waals surface area contributed by atoms with Crippen LogP contribution in [0.5, 0.6) is 11.5 Å². The third-order valence-corrected chi connectivity index (χ3v) is 3.53. The first-order valence-electron chi connectivity index (χ1n) is 7.14. The normalized spacial score (nSPS) is 15.9. The van der Waals surface area contributed by atoms with Crippen molar-refractivity contribution in [3.05, 3.63) is 48.0 Å². The highest BCUT2D eigenvalue weighted by molar-refractivity contribution is 6.06. The molecule has 0 saturated heterocycles. The summed E-state index contributed by atoms with van der Waals surface area (Å²) in [6.45, 7) is 1.65. The maximum Gasteiger partial charge on any atom is 0.265 e. The van der Waals surface area contributed by atoms with Gasteiger partial charge in [0.25, 0.3) is 11.8 Å². The van der Waals surface area contributed by atoms with Gasteiger partial charge in [0.05, 0.1) is 18.5 Å². The summed E-state index contributed by atoms with van der Waals surface area (Å²) >= 11 is 0. The van der Waals surface area contributed by atoms with Gasteiger partial charge in [-0.05, 0) is 37.3 Å². The second kappa shape index (κ2) is 6.00. The molecule has 2 aromatic rings. The van der Waals surface area contributed by atoms with E-state index in [1.54, 1.807) is 44.4 Å². The fourth-order valence-corrected chi connectivity index (χ4v) is 2.29. The van der Waals surface area contributed by atoms with Gasteiger partial charge < -0.3 is 20.1 Å². The molecule has 2 aromatic carbocycles. The Morgan fingerprint density at radius 1 is 1.26 bits per heavy atom. The molecule has 1 aliphatic heterocycles. The molecular formula is C17H16N2O4. The Morgan fingerprint density at radius 2 is 2.04 bits per heavy atom. The molecule has 0 fully saturated rings. The number of methoxy groups -OCH3 is 1. The van der Waals surface area contributed by atoms with E-state index >= 15 is 0 Å². The molecule has 1 heterocycles. The van der Waals surface area contributed by atoms with E-state index in [-0.39, 0.29) is 11.8 Å². The lowest BCUT2D eigenvalue weighted by Crippen LogP contribution is -2.34. The Hall–Kier alpha value is -3.02. The largest absolute Gasteiger partial charge is 0.495 e. The van der Waals surface area contributed by atoms with Gasteiger partial charge in [0, 0.05) is 5.56 Å². The fraction of sp³-hybridized carbons (Fsp3) is 0.176. The molecule has 3 rings (SSSR count). The molecule has 118 valence electrons. The van der Waals surface area contributed by atoms with Crippen LogP contribution in [0.2, 0.25) is 0 Å². The van der Waals surface area contributed by atoms with E-state index in [0.29, 0.717) is 28.4 Å². The molecule has 0 bridgehead atoms. The van der Waals surface area contributed by atoms with Crippen molar-refractivity contribution in [2.75, 3.05) is 17.7 Å². The Balaban J connectivity index is 1.83. The third kappa shape index (κ3) is 2.96. The number of rotatable bonds is 3. The van der Waals surface area contributed by atoms with Gasteiger partial charge in [-0.2, -0.15) is 0 Å². The first kappa shape index (κ1) is 14.9. The predicted molar refractivity (Wildman–Crippen MR) is 86.1 cm³/mol. The summed E-state index contributed by atoms with van der Waals surface area (Å²) in [4.78, 5) is 24.0. The molecular weight excluding hydrogens is 296 g/mol. The van der Waals surface area contributed by atoms with E-state index in [9.17, 15) is 9.59 Å². The molecule has 6 nitrogen and oxygen atoms in total. The minimum Gasteiger partial charge on any atom is -0.495 e. The number of hydrogen-bond acceptors (Lipinski definition) is 4. The molecule has 2 amide bonds. The van der Waals surface area contributed by atoms with Crippen LogP contribution in [0.3, 0.4) is 0 Å². The summed E-state index contributed by atoms with van der Waals surface area (Å²) in [6, 6.07) is 12.0. The van der Waals surface area contributed by atoms with Crippen LogP contribution in [0.1, 0.15) is 17.3 Å². The Kier molecular flexibility index (Phi) is 3.89. The van der Waals surface area contributed by atoms with Crippen LogP contribution in [0.25, 0.3) is 0 Å². The van der Waals surface area contributed by atoms with Gasteiger partial charge in [-0.1, -0.05) is 12.1 Å².